The first-order valence-corrected chi connectivity index (χ1v) is 7.27. The number of aromatic nitrogens is 1. The number of nitrogens with one attached hydrogen (secondary N) is 1. The van der Waals surface area contributed by atoms with Crippen molar-refractivity contribution >= 4 is 21.8 Å². The summed E-state index contributed by atoms with van der Waals surface area (Å²) in [5, 5.41) is 2.81. The number of halogens is 1. The molecule has 4 nitrogen and oxygen atoms in total. The van der Waals surface area contributed by atoms with Crippen LogP contribution in [0, 0.1) is 13.8 Å². The van der Waals surface area contributed by atoms with Crippen LogP contribution >= 0.6 is 15.9 Å². The molecular weight excluding hydrogens is 318 g/mol. The standard InChI is InChI=1S/C15H18BrN3O/c1-10-9-14(15(20)18-8-7-17)11(2)19(10)13-5-3-12(16)4-6-13/h3-6,9H,7-8,17H2,1-2H3,(H,18,20). The first kappa shape index (κ1) is 14.8. The van der Waals surface area contributed by atoms with Crippen molar-refractivity contribution in [2.45, 2.75) is 13.8 Å². The number of carbonyl (C=O) groups is 1. The summed E-state index contributed by atoms with van der Waals surface area (Å²) in [5.74, 6) is -0.0769. The number of nitrogens with two attached hydrogens (primary N) is 1. The predicted molar refractivity (Wildman–Crippen MR) is 84.3 cm³/mol. The Labute approximate surface area is 127 Å². The molecule has 0 aliphatic heterocycles. The topological polar surface area (TPSA) is 60.1 Å². The van der Waals surface area contributed by atoms with E-state index in [-0.39, 0.29) is 5.91 Å². The molecule has 0 aliphatic carbocycles. The number of hydrogen-bond acceptors (Lipinski definition) is 2. The summed E-state index contributed by atoms with van der Waals surface area (Å²) in [6, 6.07) is 9.92. The molecule has 1 heterocycles. The molecule has 106 valence electrons. The van der Waals surface area contributed by atoms with Gasteiger partial charge in [-0.25, -0.2) is 0 Å². The van der Waals surface area contributed by atoms with E-state index in [1.165, 1.54) is 0 Å². The van der Waals surface area contributed by atoms with Crippen molar-refractivity contribution in [2.24, 2.45) is 5.73 Å². The number of amides is 1. The molecule has 1 amide bonds. The Kier molecular flexibility index (Phi) is 4.62. The average molecular weight is 336 g/mol. The third kappa shape index (κ3) is 2.94. The maximum atomic E-state index is 12.1. The van der Waals surface area contributed by atoms with Crippen LogP contribution in [-0.2, 0) is 0 Å². The Balaban J connectivity index is 2.38. The fraction of sp³-hybridized carbons (Fsp3) is 0.267. The zero-order chi connectivity index (χ0) is 14.7. The molecule has 1 aromatic carbocycles. The Morgan fingerprint density at radius 3 is 2.55 bits per heavy atom. The summed E-state index contributed by atoms with van der Waals surface area (Å²) in [5.41, 5.74) is 9.11. The van der Waals surface area contributed by atoms with Crippen LogP contribution in [0.4, 0.5) is 0 Å². The molecule has 5 heteroatoms. The summed E-state index contributed by atoms with van der Waals surface area (Å²) in [7, 11) is 0. The number of carbonyl (C=O) groups excluding carboxylic acids is 1. The van der Waals surface area contributed by atoms with Gasteiger partial charge in [-0.05, 0) is 44.2 Å². The zero-order valence-electron chi connectivity index (χ0n) is 11.6. The zero-order valence-corrected chi connectivity index (χ0v) is 13.2. The number of rotatable bonds is 4. The lowest BCUT2D eigenvalue weighted by molar-refractivity contribution is 0.0954. The molecule has 0 fully saturated rings. The van der Waals surface area contributed by atoms with Crippen molar-refractivity contribution in [1.29, 1.82) is 0 Å². The highest BCUT2D eigenvalue weighted by Gasteiger charge is 2.16. The van der Waals surface area contributed by atoms with Gasteiger partial charge in [0.2, 0.25) is 0 Å². The van der Waals surface area contributed by atoms with E-state index in [9.17, 15) is 4.79 Å². The summed E-state index contributed by atoms with van der Waals surface area (Å²) < 4.78 is 3.11. The van der Waals surface area contributed by atoms with Gasteiger partial charge in [0, 0.05) is 34.6 Å². The second-order valence-corrected chi connectivity index (χ2v) is 5.56. The molecular formula is C15H18BrN3O. The minimum absolute atomic E-state index is 0.0769. The normalized spacial score (nSPS) is 10.6. The minimum Gasteiger partial charge on any atom is -0.351 e. The van der Waals surface area contributed by atoms with E-state index in [0.717, 1.165) is 21.5 Å². The van der Waals surface area contributed by atoms with Crippen LogP contribution in [0.25, 0.3) is 5.69 Å². The monoisotopic (exact) mass is 335 g/mol. The van der Waals surface area contributed by atoms with Gasteiger partial charge in [-0.1, -0.05) is 15.9 Å². The van der Waals surface area contributed by atoms with Crippen molar-refractivity contribution in [1.82, 2.24) is 9.88 Å². The average Bonchev–Trinajstić information content (AvgIpc) is 2.73. The first-order valence-electron chi connectivity index (χ1n) is 6.47. The Bertz CT molecular complexity index is 617. The quantitative estimate of drug-likeness (QED) is 0.901. The van der Waals surface area contributed by atoms with Gasteiger partial charge in [0.15, 0.2) is 0 Å². The third-order valence-corrected chi connectivity index (χ3v) is 3.72. The molecule has 0 aliphatic rings. The molecule has 1 aromatic heterocycles. The number of aryl methyl sites for hydroxylation is 1. The third-order valence-electron chi connectivity index (χ3n) is 3.19. The Hall–Kier alpha value is -1.59. The summed E-state index contributed by atoms with van der Waals surface area (Å²) >= 11 is 3.43. The van der Waals surface area contributed by atoms with E-state index >= 15 is 0 Å². The molecule has 0 bridgehead atoms. The molecule has 0 radical (unpaired) electrons. The Morgan fingerprint density at radius 2 is 1.95 bits per heavy atom. The van der Waals surface area contributed by atoms with Crippen molar-refractivity contribution < 1.29 is 4.79 Å². The number of hydrogen-bond donors (Lipinski definition) is 2. The fourth-order valence-corrected chi connectivity index (χ4v) is 2.53. The maximum absolute atomic E-state index is 12.1. The molecule has 2 rings (SSSR count). The van der Waals surface area contributed by atoms with Crippen LogP contribution in [0.3, 0.4) is 0 Å². The highest BCUT2D eigenvalue weighted by molar-refractivity contribution is 9.10. The second kappa shape index (κ2) is 6.24. The van der Waals surface area contributed by atoms with E-state index in [0.29, 0.717) is 18.7 Å². The fourth-order valence-electron chi connectivity index (χ4n) is 2.26. The van der Waals surface area contributed by atoms with Crippen LogP contribution in [0.15, 0.2) is 34.8 Å². The minimum atomic E-state index is -0.0769. The molecule has 0 saturated carbocycles. The number of nitrogens with zero attached hydrogens (tertiary/aromatic N) is 1. The van der Waals surface area contributed by atoms with Crippen LogP contribution in [0.1, 0.15) is 21.7 Å². The van der Waals surface area contributed by atoms with E-state index in [1.807, 2.05) is 44.2 Å². The van der Waals surface area contributed by atoms with E-state index in [1.54, 1.807) is 0 Å². The van der Waals surface area contributed by atoms with Gasteiger partial charge in [-0.15, -0.1) is 0 Å². The molecule has 0 atom stereocenters. The lowest BCUT2D eigenvalue weighted by atomic mass is 10.2. The van der Waals surface area contributed by atoms with Gasteiger partial charge >= 0.3 is 0 Å². The highest BCUT2D eigenvalue weighted by atomic mass is 79.9. The van der Waals surface area contributed by atoms with Gasteiger partial charge in [-0.3, -0.25) is 4.79 Å². The van der Waals surface area contributed by atoms with Gasteiger partial charge in [0.25, 0.3) is 5.91 Å². The molecule has 0 saturated heterocycles. The molecule has 0 unspecified atom stereocenters. The second-order valence-electron chi connectivity index (χ2n) is 4.64. The molecule has 3 N–H and O–H groups in total. The van der Waals surface area contributed by atoms with Gasteiger partial charge in [0.05, 0.1) is 5.56 Å². The van der Waals surface area contributed by atoms with E-state index < -0.39 is 0 Å². The molecule has 2 aromatic rings. The summed E-state index contributed by atoms with van der Waals surface area (Å²) in [6.07, 6.45) is 0. The van der Waals surface area contributed by atoms with Gasteiger partial charge in [0.1, 0.15) is 0 Å². The Morgan fingerprint density at radius 1 is 1.30 bits per heavy atom. The predicted octanol–water partition coefficient (Wildman–Crippen LogP) is 2.55. The molecule has 0 spiro atoms. The largest absolute Gasteiger partial charge is 0.351 e. The smallest absolute Gasteiger partial charge is 0.253 e. The van der Waals surface area contributed by atoms with Gasteiger partial charge in [-0.2, -0.15) is 0 Å². The van der Waals surface area contributed by atoms with Crippen molar-refractivity contribution in [3.8, 4) is 5.69 Å². The van der Waals surface area contributed by atoms with Gasteiger partial charge < -0.3 is 15.6 Å². The summed E-state index contributed by atoms with van der Waals surface area (Å²) in [4.78, 5) is 12.1. The highest BCUT2D eigenvalue weighted by Crippen LogP contribution is 2.22. The summed E-state index contributed by atoms with van der Waals surface area (Å²) in [6.45, 7) is 4.87. The van der Waals surface area contributed by atoms with Crippen LogP contribution in [0.2, 0.25) is 0 Å². The van der Waals surface area contributed by atoms with E-state index in [2.05, 4.69) is 25.8 Å². The van der Waals surface area contributed by atoms with E-state index in [4.69, 9.17) is 5.73 Å². The number of benzene rings is 1. The molecule has 20 heavy (non-hydrogen) atoms. The first-order chi connectivity index (χ1) is 9.54. The van der Waals surface area contributed by atoms with Crippen LogP contribution in [-0.4, -0.2) is 23.6 Å². The lowest BCUT2D eigenvalue weighted by Gasteiger charge is -2.10. The van der Waals surface area contributed by atoms with Crippen molar-refractivity contribution in [3.05, 3.63) is 51.8 Å². The van der Waals surface area contributed by atoms with Crippen molar-refractivity contribution in [3.63, 3.8) is 0 Å². The lowest BCUT2D eigenvalue weighted by Crippen LogP contribution is -2.29. The SMILES string of the molecule is Cc1cc(C(=O)NCCN)c(C)n1-c1ccc(Br)cc1. The van der Waals surface area contributed by atoms with Crippen LogP contribution < -0.4 is 11.1 Å². The van der Waals surface area contributed by atoms with Crippen molar-refractivity contribution in [2.75, 3.05) is 13.1 Å². The maximum Gasteiger partial charge on any atom is 0.253 e. The van der Waals surface area contributed by atoms with Crippen LogP contribution in [0.5, 0.6) is 0 Å².